The normalized spacial score (nSPS) is 11.3. The molecular formula is C14H16NO5P. The molecule has 6 nitrogen and oxygen atoms in total. The number of anilines is 1. The summed E-state index contributed by atoms with van der Waals surface area (Å²) >= 11 is 0. The molecule has 0 spiro atoms. The van der Waals surface area contributed by atoms with Crippen LogP contribution in [-0.2, 0) is 17.4 Å². The second-order valence-electron chi connectivity index (χ2n) is 4.63. The molecule has 0 aromatic heterocycles. The molecule has 2 rings (SSSR count). The van der Waals surface area contributed by atoms with Gasteiger partial charge in [0.05, 0.1) is 5.69 Å². The van der Waals surface area contributed by atoms with Gasteiger partial charge in [0, 0.05) is 5.56 Å². The van der Waals surface area contributed by atoms with Crippen LogP contribution in [0.5, 0.6) is 11.5 Å². The molecule has 0 radical (unpaired) electrons. The van der Waals surface area contributed by atoms with Crippen molar-refractivity contribution >= 4 is 13.4 Å². The summed E-state index contributed by atoms with van der Waals surface area (Å²) in [6, 6.07) is 11.2. The molecule has 0 fully saturated rings. The summed E-state index contributed by atoms with van der Waals surface area (Å²) < 4.78 is 11.1. The van der Waals surface area contributed by atoms with Crippen LogP contribution in [0.15, 0.2) is 42.5 Å². The molecule has 0 heterocycles. The van der Waals surface area contributed by atoms with Crippen molar-refractivity contribution in [2.75, 3.05) is 5.09 Å². The van der Waals surface area contributed by atoms with Crippen LogP contribution in [-0.4, -0.2) is 20.0 Å². The van der Waals surface area contributed by atoms with Crippen molar-refractivity contribution in [1.29, 1.82) is 0 Å². The van der Waals surface area contributed by atoms with Gasteiger partial charge >= 0.3 is 7.75 Å². The van der Waals surface area contributed by atoms with Crippen LogP contribution in [0.2, 0.25) is 0 Å². The third kappa shape index (κ3) is 4.49. The molecule has 5 N–H and O–H groups in total. The largest absolute Gasteiger partial charge is 0.508 e. The third-order valence-corrected chi connectivity index (χ3v) is 3.52. The van der Waals surface area contributed by atoms with E-state index in [4.69, 9.17) is 9.79 Å². The van der Waals surface area contributed by atoms with Gasteiger partial charge in [-0.1, -0.05) is 18.2 Å². The highest BCUT2D eigenvalue weighted by Gasteiger charge is 2.16. The molecule has 0 amide bonds. The Bertz CT molecular complexity index is 683. The monoisotopic (exact) mass is 309 g/mol. The molecular weight excluding hydrogens is 293 g/mol. The van der Waals surface area contributed by atoms with Crippen LogP contribution in [0.25, 0.3) is 0 Å². The molecule has 112 valence electrons. The Balaban J connectivity index is 2.21. The first-order valence-electron chi connectivity index (χ1n) is 6.28. The molecule has 0 unspecified atom stereocenters. The van der Waals surface area contributed by atoms with Gasteiger partial charge in [-0.05, 0) is 42.7 Å². The van der Waals surface area contributed by atoms with Gasteiger partial charge in [0.1, 0.15) is 11.5 Å². The maximum Gasteiger partial charge on any atom is 0.427 e. The number of hydrogen-bond acceptors (Lipinski definition) is 3. The van der Waals surface area contributed by atoms with E-state index >= 15 is 0 Å². The first-order valence-corrected chi connectivity index (χ1v) is 7.89. The van der Waals surface area contributed by atoms with E-state index in [1.165, 1.54) is 18.2 Å². The zero-order chi connectivity index (χ0) is 15.5. The molecule has 2 aromatic carbocycles. The summed E-state index contributed by atoms with van der Waals surface area (Å²) in [6.45, 7) is 0. The van der Waals surface area contributed by atoms with E-state index in [1.54, 1.807) is 18.2 Å². The van der Waals surface area contributed by atoms with Crippen molar-refractivity contribution in [3.63, 3.8) is 0 Å². The zero-order valence-electron chi connectivity index (χ0n) is 11.1. The van der Waals surface area contributed by atoms with Crippen LogP contribution in [0, 0.1) is 0 Å². The molecule has 2 aromatic rings. The summed E-state index contributed by atoms with van der Waals surface area (Å²) in [6.07, 6.45) is 0.889. The second kappa shape index (κ2) is 6.18. The highest BCUT2D eigenvalue weighted by atomic mass is 31.2. The summed E-state index contributed by atoms with van der Waals surface area (Å²) in [7, 11) is -4.44. The lowest BCUT2D eigenvalue weighted by atomic mass is 10.0. The lowest BCUT2D eigenvalue weighted by Crippen LogP contribution is -2.01. The minimum absolute atomic E-state index is 0.0337. The van der Waals surface area contributed by atoms with Gasteiger partial charge in [-0.2, -0.15) is 0 Å². The minimum atomic E-state index is -4.44. The summed E-state index contributed by atoms with van der Waals surface area (Å²) in [5, 5.41) is 21.4. The number of nitrogens with one attached hydrogen (secondary N) is 1. The fourth-order valence-corrected chi connectivity index (χ4v) is 2.60. The fraction of sp³-hybridized carbons (Fsp3) is 0.143. The van der Waals surface area contributed by atoms with Crippen molar-refractivity contribution in [3.05, 3.63) is 53.6 Å². The molecule has 0 aliphatic carbocycles. The molecule has 0 atom stereocenters. The number of phenolic OH excluding ortho intramolecular Hbond substituents is 2. The van der Waals surface area contributed by atoms with Gasteiger partial charge in [0.25, 0.3) is 0 Å². The lowest BCUT2D eigenvalue weighted by molar-refractivity contribution is 0.380. The standard InChI is InChI=1S/C14H16NO5P/c16-11-4-1-3-10(9-11)7-8-12-13(15-21(18,19)20)5-2-6-14(12)17/h1-6,9,16-17H,7-8H2,(H3,15,18,19,20). The van der Waals surface area contributed by atoms with Gasteiger partial charge < -0.3 is 20.0 Å². The Labute approximate surface area is 121 Å². The number of rotatable bonds is 5. The fourth-order valence-electron chi connectivity index (χ4n) is 2.08. The van der Waals surface area contributed by atoms with E-state index in [-0.39, 0.29) is 17.2 Å². The topological polar surface area (TPSA) is 110 Å². The molecule has 21 heavy (non-hydrogen) atoms. The predicted molar refractivity (Wildman–Crippen MR) is 79.3 cm³/mol. The van der Waals surface area contributed by atoms with Crippen molar-refractivity contribution in [3.8, 4) is 11.5 Å². The molecule has 0 saturated carbocycles. The van der Waals surface area contributed by atoms with E-state index in [0.29, 0.717) is 18.4 Å². The maximum absolute atomic E-state index is 11.1. The van der Waals surface area contributed by atoms with Gasteiger partial charge in [-0.3, -0.25) is 5.09 Å². The lowest BCUT2D eigenvalue weighted by Gasteiger charge is -2.14. The van der Waals surface area contributed by atoms with Crippen LogP contribution in [0.4, 0.5) is 5.69 Å². The Kier molecular flexibility index (Phi) is 4.53. The quantitative estimate of drug-likeness (QED) is 0.542. The van der Waals surface area contributed by atoms with Crippen molar-refractivity contribution in [1.82, 2.24) is 0 Å². The average Bonchev–Trinajstić information content (AvgIpc) is 2.36. The highest BCUT2D eigenvalue weighted by Crippen LogP contribution is 2.39. The SMILES string of the molecule is O=P(O)(O)Nc1cccc(O)c1CCc1cccc(O)c1. The number of aromatic hydroxyl groups is 2. The molecule has 0 bridgehead atoms. The van der Waals surface area contributed by atoms with Crippen LogP contribution < -0.4 is 5.09 Å². The highest BCUT2D eigenvalue weighted by molar-refractivity contribution is 7.53. The van der Waals surface area contributed by atoms with Crippen LogP contribution in [0.3, 0.4) is 0 Å². The maximum atomic E-state index is 11.1. The van der Waals surface area contributed by atoms with E-state index in [2.05, 4.69) is 5.09 Å². The van der Waals surface area contributed by atoms with Crippen molar-refractivity contribution in [2.45, 2.75) is 12.8 Å². The Hall–Kier alpha value is -2.01. The van der Waals surface area contributed by atoms with Crippen LogP contribution >= 0.6 is 7.75 Å². The number of phenols is 2. The summed E-state index contributed by atoms with van der Waals surface area (Å²) in [5.74, 6) is 0.118. The zero-order valence-corrected chi connectivity index (χ0v) is 12.0. The first kappa shape index (κ1) is 15.4. The Morgan fingerprint density at radius 1 is 1.00 bits per heavy atom. The predicted octanol–water partition coefficient (Wildman–Crippen LogP) is 2.39. The number of aryl methyl sites for hydroxylation is 1. The van der Waals surface area contributed by atoms with E-state index in [1.807, 2.05) is 6.07 Å². The first-order chi connectivity index (χ1) is 9.85. The van der Waals surface area contributed by atoms with E-state index in [0.717, 1.165) is 5.56 Å². The van der Waals surface area contributed by atoms with Gasteiger partial charge in [0.2, 0.25) is 0 Å². The smallest absolute Gasteiger partial charge is 0.427 e. The Morgan fingerprint density at radius 2 is 1.71 bits per heavy atom. The third-order valence-electron chi connectivity index (χ3n) is 2.99. The molecule has 0 saturated heterocycles. The Morgan fingerprint density at radius 3 is 2.38 bits per heavy atom. The summed E-state index contributed by atoms with van der Waals surface area (Å²) in [4.78, 5) is 18.0. The van der Waals surface area contributed by atoms with Gasteiger partial charge in [0.15, 0.2) is 0 Å². The molecule has 0 aliphatic rings. The van der Waals surface area contributed by atoms with E-state index < -0.39 is 7.75 Å². The van der Waals surface area contributed by atoms with E-state index in [9.17, 15) is 14.8 Å². The van der Waals surface area contributed by atoms with Crippen molar-refractivity contribution < 1.29 is 24.6 Å². The second-order valence-corrected chi connectivity index (χ2v) is 5.94. The number of hydrogen-bond donors (Lipinski definition) is 5. The molecule has 0 aliphatic heterocycles. The number of benzene rings is 2. The summed E-state index contributed by atoms with van der Waals surface area (Å²) in [5.41, 5.74) is 1.48. The van der Waals surface area contributed by atoms with Crippen molar-refractivity contribution in [2.24, 2.45) is 0 Å². The molecule has 7 heteroatoms. The van der Waals surface area contributed by atoms with Gasteiger partial charge in [-0.15, -0.1) is 0 Å². The van der Waals surface area contributed by atoms with Crippen LogP contribution in [0.1, 0.15) is 11.1 Å². The minimum Gasteiger partial charge on any atom is -0.508 e. The average molecular weight is 309 g/mol. The van der Waals surface area contributed by atoms with Gasteiger partial charge in [-0.25, -0.2) is 4.57 Å².